The summed E-state index contributed by atoms with van der Waals surface area (Å²) in [5.41, 5.74) is -0.423. The molecule has 1 fully saturated rings. The van der Waals surface area contributed by atoms with Crippen molar-refractivity contribution in [2.24, 2.45) is 5.41 Å². The first-order valence-electron chi connectivity index (χ1n) is 6.56. The SMILES string of the molecule is CC(C)(CNC(=O)C1(C(=O)O)CC1)c1ccc(Cl)cc1. The van der Waals surface area contributed by atoms with Crippen molar-refractivity contribution in [1.29, 1.82) is 0 Å². The molecule has 1 aromatic rings. The van der Waals surface area contributed by atoms with Crippen LogP contribution in [0.5, 0.6) is 0 Å². The number of hydrogen-bond donors (Lipinski definition) is 2. The third-order valence-corrected chi connectivity index (χ3v) is 4.16. The molecule has 4 nitrogen and oxygen atoms in total. The first-order chi connectivity index (χ1) is 9.28. The van der Waals surface area contributed by atoms with Gasteiger partial charge in [0.25, 0.3) is 0 Å². The zero-order valence-corrected chi connectivity index (χ0v) is 12.3. The molecular formula is C15H18ClNO3. The van der Waals surface area contributed by atoms with Gasteiger partial charge in [-0.3, -0.25) is 9.59 Å². The Bertz CT molecular complexity index is 533. The van der Waals surface area contributed by atoms with Gasteiger partial charge in [0.05, 0.1) is 0 Å². The van der Waals surface area contributed by atoms with E-state index in [1.807, 2.05) is 26.0 Å². The molecule has 0 unspecified atom stereocenters. The quantitative estimate of drug-likeness (QED) is 0.821. The van der Waals surface area contributed by atoms with Crippen molar-refractivity contribution in [3.63, 3.8) is 0 Å². The summed E-state index contributed by atoms with van der Waals surface area (Å²) in [5.74, 6) is -1.41. The normalized spacial score (nSPS) is 16.6. The van der Waals surface area contributed by atoms with E-state index < -0.39 is 11.4 Å². The zero-order chi connectivity index (χ0) is 15.0. The first-order valence-corrected chi connectivity index (χ1v) is 6.93. The van der Waals surface area contributed by atoms with Crippen molar-refractivity contribution in [2.75, 3.05) is 6.54 Å². The highest BCUT2D eigenvalue weighted by Crippen LogP contribution is 2.46. The minimum Gasteiger partial charge on any atom is -0.480 e. The number of hydrogen-bond acceptors (Lipinski definition) is 2. The maximum Gasteiger partial charge on any atom is 0.319 e. The summed E-state index contributed by atoms with van der Waals surface area (Å²) in [6.07, 6.45) is 0.852. The number of aliphatic carboxylic acids is 1. The minimum atomic E-state index is -1.18. The Morgan fingerprint density at radius 3 is 2.30 bits per heavy atom. The van der Waals surface area contributed by atoms with Crippen LogP contribution in [0, 0.1) is 5.41 Å². The largest absolute Gasteiger partial charge is 0.480 e. The van der Waals surface area contributed by atoms with Gasteiger partial charge in [-0.25, -0.2) is 0 Å². The Balaban J connectivity index is 2.01. The molecule has 108 valence electrons. The fourth-order valence-electron chi connectivity index (χ4n) is 2.14. The standard InChI is InChI=1S/C15H18ClNO3/c1-14(2,10-3-5-11(16)6-4-10)9-17-12(18)15(7-8-15)13(19)20/h3-6H,7-9H2,1-2H3,(H,17,18)(H,19,20). The van der Waals surface area contributed by atoms with Crippen LogP contribution in [0.15, 0.2) is 24.3 Å². The molecule has 0 atom stereocenters. The summed E-state index contributed by atoms with van der Waals surface area (Å²) in [7, 11) is 0. The van der Waals surface area contributed by atoms with Crippen LogP contribution in [0.2, 0.25) is 5.02 Å². The van der Waals surface area contributed by atoms with Crippen molar-refractivity contribution < 1.29 is 14.7 Å². The van der Waals surface area contributed by atoms with E-state index >= 15 is 0 Å². The van der Waals surface area contributed by atoms with Gasteiger partial charge >= 0.3 is 5.97 Å². The third-order valence-electron chi connectivity index (χ3n) is 3.91. The average molecular weight is 296 g/mol. The van der Waals surface area contributed by atoms with Gasteiger partial charge in [-0.15, -0.1) is 0 Å². The summed E-state index contributed by atoms with van der Waals surface area (Å²) < 4.78 is 0. The topological polar surface area (TPSA) is 66.4 Å². The zero-order valence-electron chi connectivity index (χ0n) is 11.6. The second-order valence-corrected chi connectivity index (χ2v) is 6.40. The number of benzene rings is 1. The Kier molecular flexibility index (Phi) is 3.78. The monoisotopic (exact) mass is 295 g/mol. The van der Waals surface area contributed by atoms with Gasteiger partial charge in [0, 0.05) is 17.0 Å². The first kappa shape index (κ1) is 14.9. The van der Waals surface area contributed by atoms with E-state index in [0.717, 1.165) is 5.56 Å². The molecule has 2 rings (SSSR count). The van der Waals surface area contributed by atoms with Crippen molar-refractivity contribution >= 4 is 23.5 Å². The fourth-order valence-corrected chi connectivity index (χ4v) is 2.26. The highest BCUT2D eigenvalue weighted by molar-refractivity contribution is 6.30. The highest BCUT2D eigenvalue weighted by atomic mass is 35.5. The Labute approximate surface area is 123 Å². The lowest BCUT2D eigenvalue weighted by Crippen LogP contribution is -2.42. The molecule has 1 aliphatic carbocycles. The molecular weight excluding hydrogens is 278 g/mol. The van der Waals surface area contributed by atoms with Gasteiger partial charge in [-0.05, 0) is 30.5 Å². The summed E-state index contributed by atoms with van der Waals surface area (Å²) in [6.45, 7) is 4.39. The van der Waals surface area contributed by atoms with Crippen LogP contribution in [-0.2, 0) is 15.0 Å². The van der Waals surface area contributed by atoms with Crippen molar-refractivity contribution in [3.05, 3.63) is 34.9 Å². The fraction of sp³-hybridized carbons (Fsp3) is 0.467. The number of carbonyl (C=O) groups is 2. The predicted octanol–water partition coefficient (Wildman–Crippen LogP) is 2.60. The molecule has 5 heteroatoms. The summed E-state index contributed by atoms with van der Waals surface area (Å²) >= 11 is 5.86. The van der Waals surface area contributed by atoms with Gasteiger partial charge in [0.1, 0.15) is 5.41 Å². The van der Waals surface area contributed by atoms with Crippen LogP contribution < -0.4 is 5.32 Å². The smallest absolute Gasteiger partial charge is 0.319 e. The molecule has 20 heavy (non-hydrogen) atoms. The van der Waals surface area contributed by atoms with Gasteiger partial charge < -0.3 is 10.4 Å². The molecule has 0 spiro atoms. The second kappa shape index (κ2) is 5.09. The number of rotatable bonds is 5. The lowest BCUT2D eigenvalue weighted by Gasteiger charge is -2.26. The molecule has 0 heterocycles. The molecule has 0 aromatic heterocycles. The van der Waals surface area contributed by atoms with Crippen LogP contribution in [-0.4, -0.2) is 23.5 Å². The average Bonchev–Trinajstić information content (AvgIpc) is 3.18. The van der Waals surface area contributed by atoms with E-state index in [4.69, 9.17) is 16.7 Å². The molecule has 1 aromatic carbocycles. The minimum absolute atomic E-state index is 0.283. The van der Waals surface area contributed by atoms with Crippen molar-refractivity contribution in [2.45, 2.75) is 32.1 Å². The van der Waals surface area contributed by atoms with Crippen molar-refractivity contribution in [1.82, 2.24) is 5.32 Å². The lowest BCUT2D eigenvalue weighted by atomic mass is 9.84. The van der Waals surface area contributed by atoms with E-state index in [2.05, 4.69) is 5.32 Å². The third kappa shape index (κ3) is 2.80. The predicted molar refractivity (Wildman–Crippen MR) is 76.8 cm³/mol. The number of amides is 1. The Hall–Kier alpha value is -1.55. The number of carboxylic acids is 1. The number of carbonyl (C=O) groups excluding carboxylic acids is 1. The molecule has 1 aliphatic rings. The summed E-state index contributed by atoms with van der Waals surface area (Å²) in [4.78, 5) is 23.1. The number of halogens is 1. The maximum atomic E-state index is 12.0. The van der Waals surface area contributed by atoms with E-state index in [1.165, 1.54) is 0 Å². The van der Waals surface area contributed by atoms with E-state index in [1.54, 1.807) is 12.1 Å². The summed E-state index contributed by atoms with van der Waals surface area (Å²) in [6, 6.07) is 7.44. The molecule has 1 saturated carbocycles. The van der Waals surface area contributed by atoms with Crippen LogP contribution in [0.1, 0.15) is 32.3 Å². The van der Waals surface area contributed by atoms with Crippen LogP contribution in [0.25, 0.3) is 0 Å². The maximum absolute atomic E-state index is 12.0. The van der Waals surface area contributed by atoms with Crippen LogP contribution in [0.3, 0.4) is 0 Å². The van der Waals surface area contributed by atoms with Gasteiger partial charge in [0.15, 0.2) is 0 Å². The van der Waals surface area contributed by atoms with Gasteiger partial charge in [-0.2, -0.15) is 0 Å². The second-order valence-electron chi connectivity index (χ2n) is 5.96. The van der Waals surface area contributed by atoms with Gasteiger partial charge in [0.2, 0.25) is 5.91 Å². The molecule has 1 amide bonds. The molecule has 2 N–H and O–H groups in total. The Morgan fingerprint density at radius 1 is 1.30 bits per heavy atom. The highest BCUT2D eigenvalue weighted by Gasteiger charge is 2.57. The lowest BCUT2D eigenvalue weighted by molar-refractivity contribution is -0.149. The van der Waals surface area contributed by atoms with E-state index in [0.29, 0.717) is 24.4 Å². The van der Waals surface area contributed by atoms with Crippen LogP contribution in [0.4, 0.5) is 0 Å². The molecule has 0 saturated heterocycles. The number of carboxylic acid groups (broad SMARTS) is 1. The van der Waals surface area contributed by atoms with E-state index in [9.17, 15) is 9.59 Å². The molecule has 0 aliphatic heterocycles. The summed E-state index contributed by atoms with van der Waals surface area (Å²) in [5, 5.41) is 12.5. The van der Waals surface area contributed by atoms with Gasteiger partial charge in [-0.1, -0.05) is 37.6 Å². The number of nitrogens with one attached hydrogen (secondary N) is 1. The van der Waals surface area contributed by atoms with Crippen molar-refractivity contribution in [3.8, 4) is 0 Å². The molecule has 0 bridgehead atoms. The Morgan fingerprint density at radius 2 is 1.85 bits per heavy atom. The van der Waals surface area contributed by atoms with Crippen LogP contribution >= 0.6 is 11.6 Å². The van der Waals surface area contributed by atoms with E-state index in [-0.39, 0.29) is 11.3 Å². The molecule has 0 radical (unpaired) electrons.